The zero-order valence-electron chi connectivity index (χ0n) is 9.30. The minimum atomic E-state index is -4.44. The van der Waals surface area contributed by atoms with Crippen LogP contribution in [0.25, 0.3) is 0 Å². The molecule has 2 amide bonds. The molecule has 0 aromatic carbocycles. The number of amides is 2. The van der Waals surface area contributed by atoms with E-state index >= 15 is 0 Å². The molecule has 0 bridgehead atoms. The number of halogens is 3. The Balaban J connectivity index is 3.66. The number of aliphatic carboxylic acids is 1. The zero-order chi connectivity index (χ0) is 13.5. The van der Waals surface area contributed by atoms with Crippen LogP contribution >= 0.6 is 0 Å². The standard InChI is InChI=1S/C9H15F3N2O3/c1-6(2-3-7(15)16)4-13-8(17)14-5-9(10,11)12/h6H,2-5H2,1H3,(H,15,16)(H2,13,14,17). The number of carbonyl (C=O) groups is 2. The largest absolute Gasteiger partial charge is 0.481 e. The molecule has 100 valence electrons. The van der Waals surface area contributed by atoms with Crippen molar-refractivity contribution < 1.29 is 27.9 Å². The van der Waals surface area contributed by atoms with E-state index in [0.717, 1.165) is 0 Å². The van der Waals surface area contributed by atoms with Crippen LogP contribution in [0.2, 0.25) is 0 Å². The van der Waals surface area contributed by atoms with Gasteiger partial charge in [0, 0.05) is 13.0 Å². The molecular weight excluding hydrogens is 241 g/mol. The van der Waals surface area contributed by atoms with E-state index in [2.05, 4.69) is 5.32 Å². The molecule has 1 atom stereocenters. The predicted molar refractivity (Wildman–Crippen MR) is 53.5 cm³/mol. The van der Waals surface area contributed by atoms with Crippen LogP contribution < -0.4 is 10.6 Å². The van der Waals surface area contributed by atoms with Crippen molar-refractivity contribution in [2.24, 2.45) is 5.92 Å². The minimum absolute atomic E-state index is 0.0347. The number of hydrogen-bond donors (Lipinski definition) is 3. The van der Waals surface area contributed by atoms with Crippen LogP contribution in [-0.2, 0) is 4.79 Å². The average molecular weight is 256 g/mol. The molecule has 0 aliphatic rings. The molecule has 8 heteroatoms. The first kappa shape index (κ1) is 15.5. The first-order valence-electron chi connectivity index (χ1n) is 5.01. The fourth-order valence-corrected chi connectivity index (χ4v) is 0.982. The number of carboxylic acid groups (broad SMARTS) is 1. The van der Waals surface area contributed by atoms with E-state index in [9.17, 15) is 22.8 Å². The van der Waals surface area contributed by atoms with Crippen LogP contribution in [0.3, 0.4) is 0 Å². The summed E-state index contributed by atoms with van der Waals surface area (Å²) in [6, 6.07) is -0.912. The van der Waals surface area contributed by atoms with E-state index in [1.54, 1.807) is 12.2 Å². The van der Waals surface area contributed by atoms with Gasteiger partial charge in [0.25, 0.3) is 0 Å². The normalized spacial score (nSPS) is 12.9. The molecule has 0 aliphatic heterocycles. The molecule has 0 heterocycles. The van der Waals surface area contributed by atoms with E-state index in [0.29, 0.717) is 6.42 Å². The summed E-state index contributed by atoms with van der Waals surface area (Å²) in [4.78, 5) is 21.1. The maximum Gasteiger partial charge on any atom is 0.405 e. The maximum absolute atomic E-state index is 11.7. The second-order valence-electron chi connectivity index (χ2n) is 3.72. The highest BCUT2D eigenvalue weighted by Crippen LogP contribution is 2.11. The quantitative estimate of drug-likeness (QED) is 0.671. The Morgan fingerprint density at radius 3 is 2.35 bits per heavy atom. The van der Waals surface area contributed by atoms with Crippen LogP contribution in [0.4, 0.5) is 18.0 Å². The molecule has 0 aromatic rings. The van der Waals surface area contributed by atoms with Crippen LogP contribution in [0.15, 0.2) is 0 Å². The molecule has 0 aromatic heterocycles. The van der Waals surface area contributed by atoms with Gasteiger partial charge in [0.05, 0.1) is 0 Å². The third-order valence-corrected chi connectivity index (χ3v) is 1.91. The highest BCUT2D eigenvalue weighted by Gasteiger charge is 2.27. The first-order valence-corrected chi connectivity index (χ1v) is 5.01. The zero-order valence-corrected chi connectivity index (χ0v) is 9.30. The summed E-state index contributed by atoms with van der Waals surface area (Å²) in [5.74, 6) is -1.05. The van der Waals surface area contributed by atoms with Crippen molar-refractivity contribution >= 4 is 12.0 Å². The van der Waals surface area contributed by atoms with Crippen molar-refractivity contribution in [3.63, 3.8) is 0 Å². The van der Waals surface area contributed by atoms with Gasteiger partial charge < -0.3 is 15.7 Å². The summed E-state index contributed by atoms with van der Waals surface area (Å²) in [6.45, 7) is 0.451. The number of rotatable bonds is 6. The van der Waals surface area contributed by atoms with Gasteiger partial charge in [0.1, 0.15) is 6.54 Å². The van der Waals surface area contributed by atoms with Gasteiger partial charge in [-0.05, 0) is 12.3 Å². The first-order chi connectivity index (χ1) is 7.70. The molecule has 0 spiro atoms. The number of carbonyl (C=O) groups excluding carboxylic acids is 1. The Labute approximate surface area is 96.4 Å². The number of hydrogen-bond acceptors (Lipinski definition) is 2. The lowest BCUT2D eigenvalue weighted by atomic mass is 10.1. The SMILES string of the molecule is CC(CCC(=O)O)CNC(=O)NCC(F)(F)F. The van der Waals surface area contributed by atoms with Gasteiger partial charge in [-0.3, -0.25) is 4.79 Å². The number of urea groups is 1. The van der Waals surface area contributed by atoms with Crippen LogP contribution in [0, 0.1) is 5.92 Å². The lowest BCUT2D eigenvalue weighted by Gasteiger charge is -2.13. The Kier molecular flexibility index (Phi) is 6.37. The van der Waals surface area contributed by atoms with Crippen molar-refractivity contribution in [1.82, 2.24) is 10.6 Å². The molecule has 0 rings (SSSR count). The molecule has 0 saturated carbocycles. The van der Waals surface area contributed by atoms with E-state index in [4.69, 9.17) is 5.11 Å². The molecule has 0 fully saturated rings. The molecule has 0 aliphatic carbocycles. The Morgan fingerprint density at radius 2 is 1.88 bits per heavy atom. The number of nitrogens with one attached hydrogen (secondary N) is 2. The molecule has 0 radical (unpaired) electrons. The fraction of sp³-hybridized carbons (Fsp3) is 0.778. The van der Waals surface area contributed by atoms with Crippen molar-refractivity contribution in [3.8, 4) is 0 Å². The van der Waals surface area contributed by atoms with E-state index in [1.807, 2.05) is 0 Å². The summed E-state index contributed by atoms with van der Waals surface area (Å²) < 4.78 is 35.2. The van der Waals surface area contributed by atoms with Crippen molar-refractivity contribution in [2.75, 3.05) is 13.1 Å². The molecule has 1 unspecified atom stereocenters. The Morgan fingerprint density at radius 1 is 1.29 bits per heavy atom. The predicted octanol–water partition coefficient (Wildman–Crippen LogP) is 1.35. The van der Waals surface area contributed by atoms with Gasteiger partial charge in [0.2, 0.25) is 0 Å². The summed E-state index contributed by atoms with van der Waals surface area (Å²) in [5, 5.41) is 12.3. The molecule has 17 heavy (non-hydrogen) atoms. The van der Waals surface area contributed by atoms with Gasteiger partial charge in [-0.2, -0.15) is 13.2 Å². The second-order valence-corrected chi connectivity index (χ2v) is 3.72. The number of carboxylic acids is 1. The highest BCUT2D eigenvalue weighted by molar-refractivity contribution is 5.73. The molecule has 3 N–H and O–H groups in total. The van der Waals surface area contributed by atoms with Gasteiger partial charge in [0.15, 0.2) is 0 Å². The van der Waals surface area contributed by atoms with Crippen molar-refractivity contribution in [1.29, 1.82) is 0 Å². The lowest BCUT2D eigenvalue weighted by molar-refractivity contribution is -0.137. The molecular formula is C9H15F3N2O3. The second kappa shape index (κ2) is 6.97. The van der Waals surface area contributed by atoms with Crippen molar-refractivity contribution in [2.45, 2.75) is 25.9 Å². The Hall–Kier alpha value is -1.47. The Bertz CT molecular complexity index is 269. The third kappa shape index (κ3) is 10.8. The third-order valence-electron chi connectivity index (χ3n) is 1.91. The monoisotopic (exact) mass is 256 g/mol. The summed E-state index contributed by atoms with van der Waals surface area (Å²) in [7, 11) is 0. The maximum atomic E-state index is 11.7. The van der Waals surface area contributed by atoms with Crippen LogP contribution in [0.1, 0.15) is 19.8 Å². The smallest absolute Gasteiger partial charge is 0.405 e. The van der Waals surface area contributed by atoms with Gasteiger partial charge in [-0.1, -0.05) is 6.92 Å². The van der Waals surface area contributed by atoms with Crippen LogP contribution in [0.5, 0.6) is 0 Å². The highest BCUT2D eigenvalue weighted by atomic mass is 19.4. The summed E-state index contributed by atoms with van der Waals surface area (Å²) in [6.07, 6.45) is -4.12. The van der Waals surface area contributed by atoms with E-state index in [1.165, 1.54) is 0 Å². The summed E-state index contributed by atoms with van der Waals surface area (Å²) >= 11 is 0. The van der Waals surface area contributed by atoms with E-state index in [-0.39, 0.29) is 18.9 Å². The molecule has 0 saturated heterocycles. The van der Waals surface area contributed by atoms with E-state index < -0.39 is 24.7 Å². The van der Waals surface area contributed by atoms with Crippen LogP contribution in [-0.4, -0.2) is 36.4 Å². The molecule has 5 nitrogen and oxygen atoms in total. The average Bonchev–Trinajstić information content (AvgIpc) is 2.19. The van der Waals surface area contributed by atoms with Gasteiger partial charge >= 0.3 is 18.2 Å². The topological polar surface area (TPSA) is 78.4 Å². The van der Waals surface area contributed by atoms with Gasteiger partial charge in [-0.15, -0.1) is 0 Å². The minimum Gasteiger partial charge on any atom is -0.481 e. The van der Waals surface area contributed by atoms with Gasteiger partial charge in [-0.25, -0.2) is 4.79 Å². The summed E-state index contributed by atoms with van der Waals surface area (Å²) in [5.41, 5.74) is 0. The lowest BCUT2D eigenvalue weighted by Crippen LogP contribution is -2.42. The van der Waals surface area contributed by atoms with Crippen molar-refractivity contribution in [3.05, 3.63) is 0 Å². The fourth-order valence-electron chi connectivity index (χ4n) is 0.982. The number of alkyl halides is 3.